The molecule has 3 rings (SSSR count). The number of rotatable bonds is 6. The molecule has 1 aromatic carbocycles. The van der Waals surface area contributed by atoms with Gasteiger partial charge in [0, 0.05) is 38.4 Å². The zero-order valence-corrected chi connectivity index (χ0v) is 14.4. The highest BCUT2D eigenvalue weighted by molar-refractivity contribution is 5.53. The van der Waals surface area contributed by atoms with Crippen LogP contribution in [0.2, 0.25) is 0 Å². The van der Waals surface area contributed by atoms with Crippen LogP contribution < -0.4 is 4.90 Å². The molecule has 2 aromatic rings. The van der Waals surface area contributed by atoms with Gasteiger partial charge in [0.2, 0.25) is 0 Å². The minimum atomic E-state index is -0.516. The van der Waals surface area contributed by atoms with Crippen LogP contribution in [0.3, 0.4) is 0 Å². The Morgan fingerprint density at radius 3 is 2.92 bits per heavy atom. The monoisotopic (exact) mass is 330 g/mol. The molecule has 5 heteroatoms. The Kier molecular flexibility index (Phi) is 5.56. The molecule has 1 aliphatic rings. The van der Waals surface area contributed by atoms with E-state index in [1.807, 2.05) is 12.1 Å². The van der Waals surface area contributed by atoms with Crippen LogP contribution >= 0.6 is 0 Å². The highest BCUT2D eigenvalue weighted by Gasteiger charge is 2.24. The van der Waals surface area contributed by atoms with Gasteiger partial charge in [-0.15, -0.1) is 0 Å². The lowest BCUT2D eigenvalue weighted by atomic mass is 10.1. The normalized spacial score (nSPS) is 19.8. The Hall–Kier alpha value is -1.82. The van der Waals surface area contributed by atoms with E-state index >= 15 is 0 Å². The SMILES string of the molecule is CC1CN(C)c2ccccc2CN1CC(O)COCc1ccco1. The molecular weight excluding hydrogens is 304 g/mol. The van der Waals surface area contributed by atoms with Crippen LogP contribution in [0.15, 0.2) is 47.1 Å². The maximum atomic E-state index is 10.3. The molecule has 0 saturated carbocycles. The lowest BCUT2D eigenvalue weighted by Gasteiger charge is -2.30. The van der Waals surface area contributed by atoms with Crippen LogP contribution in [-0.4, -0.2) is 48.9 Å². The van der Waals surface area contributed by atoms with Gasteiger partial charge in [0.15, 0.2) is 0 Å². The van der Waals surface area contributed by atoms with Crippen molar-refractivity contribution in [3.05, 3.63) is 54.0 Å². The van der Waals surface area contributed by atoms with Crippen LogP contribution in [0, 0.1) is 0 Å². The van der Waals surface area contributed by atoms with Crippen molar-refractivity contribution in [1.82, 2.24) is 4.90 Å². The summed E-state index contributed by atoms with van der Waals surface area (Å²) in [5, 5.41) is 10.3. The number of fused-ring (bicyclic) bond motifs is 1. The number of aliphatic hydroxyl groups is 1. The quantitative estimate of drug-likeness (QED) is 0.882. The molecule has 5 nitrogen and oxygen atoms in total. The topological polar surface area (TPSA) is 49.1 Å². The van der Waals surface area contributed by atoms with Crippen molar-refractivity contribution in [3.63, 3.8) is 0 Å². The summed E-state index contributed by atoms with van der Waals surface area (Å²) < 4.78 is 10.8. The van der Waals surface area contributed by atoms with Gasteiger partial charge in [-0.05, 0) is 30.7 Å². The third-order valence-electron chi connectivity index (χ3n) is 4.52. The summed E-state index contributed by atoms with van der Waals surface area (Å²) in [5.41, 5.74) is 2.57. The van der Waals surface area contributed by atoms with E-state index in [0.29, 0.717) is 25.8 Å². The molecule has 1 aromatic heterocycles. The summed E-state index contributed by atoms with van der Waals surface area (Å²) >= 11 is 0. The Morgan fingerprint density at radius 2 is 2.12 bits per heavy atom. The summed E-state index contributed by atoms with van der Waals surface area (Å²) in [7, 11) is 2.13. The minimum Gasteiger partial charge on any atom is -0.467 e. The number of furan rings is 1. The number of hydrogen-bond acceptors (Lipinski definition) is 5. The zero-order valence-electron chi connectivity index (χ0n) is 14.4. The summed E-state index contributed by atoms with van der Waals surface area (Å²) in [6, 6.07) is 12.5. The van der Waals surface area contributed by atoms with Crippen molar-refractivity contribution in [2.24, 2.45) is 0 Å². The second-order valence-corrected chi connectivity index (χ2v) is 6.54. The summed E-state index contributed by atoms with van der Waals surface area (Å²) in [6.07, 6.45) is 1.11. The summed E-state index contributed by atoms with van der Waals surface area (Å²) in [4.78, 5) is 4.61. The van der Waals surface area contributed by atoms with Crippen molar-refractivity contribution in [2.75, 3.05) is 31.6 Å². The molecular formula is C19H26N2O3. The molecule has 2 unspecified atom stereocenters. The molecule has 0 spiro atoms. The van der Waals surface area contributed by atoms with Gasteiger partial charge in [-0.25, -0.2) is 0 Å². The molecule has 2 atom stereocenters. The van der Waals surface area contributed by atoms with Gasteiger partial charge in [0.25, 0.3) is 0 Å². The Morgan fingerprint density at radius 1 is 1.29 bits per heavy atom. The van der Waals surface area contributed by atoms with Crippen LogP contribution in [0.25, 0.3) is 0 Å². The Labute approximate surface area is 143 Å². The van der Waals surface area contributed by atoms with Gasteiger partial charge in [-0.3, -0.25) is 4.90 Å². The van der Waals surface area contributed by atoms with E-state index in [1.54, 1.807) is 6.26 Å². The van der Waals surface area contributed by atoms with E-state index in [0.717, 1.165) is 18.8 Å². The van der Waals surface area contributed by atoms with Gasteiger partial charge in [0.1, 0.15) is 12.4 Å². The predicted octanol–water partition coefficient (Wildman–Crippen LogP) is 2.50. The van der Waals surface area contributed by atoms with Crippen molar-refractivity contribution in [1.29, 1.82) is 0 Å². The third-order valence-corrected chi connectivity index (χ3v) is 4.52. The predicted molar refractivity (Wildman–Crippen MR) is 94.0 cm³/mol. The van der Waals surface area contributed by atoms with Crippen molar-refractivity contribution >= 4 is 5.69 Å². The largest absolute Gasteiger partial charge is 0.467 e. The van der Waals surface area contributed by atoms with Crippen LogP contribution in [-0.2, 0) is 17.9 Å². The minimum absolute atomic E-state index is 0.307. The maximum Gasteiger partial charge on any atom is 0.129 e. The van der Waals surface area contributed by atoms with Crippen LogP contribution in [0.1, 0.15) is 18.2 Å². The summed E-state index contributed by atoms with van der Waals surface area (Å²) in [6.45, 7) is 5.29. The molecule has 1 aliphatic heterocycles. The second-order valence-electron chi connectivity index (χ2n) is 6.54. The number of benzene rings is 1. The number of aliphatic hydroxyl groups excluding tert-OH is 1. The van der Waals surface area contributed by atoms with Gasteiger partial charge < -0.3 is 19.2 Å². The molecule has 0 radical (unpaired) electrons. The van der Waals surface area contributed by atoms with E-state index in [2.05, 4.69) is 48.0 Å². The van der Waals surface area contributed by atoms with Gasteiger partial charge >= 0.3 is 0 Å². The molecule has 0 saturated heterocycles. The van der Waals surface area contributed by atoms with Gasteiger partial charge in [0.05, 0.1) is 19.0 Å². The fraction of sp³-hybridized carbons (Fsp3) is 0.474. The number of likely N-dealkylation sites (N-methyl/N-ethyl adjacent to an activating group) is 1. The van der Waals surface area contributed by atoms with Gasteiger partial charge in [-0.2, -0.15) is 0 Å². The fourth-order valence-electron chi connectivity index (χ4n) is 3.26. The lowest BCUT2D eigenvalue weighted by Crippen LogP contribution is -2.43. The first-order valence-corrected chi connectivity index (χ1v) is 8.44. The number of β-amino-alcohol motifs (C(OH)–C–C–N with tert-alkyl or cyclic N) is 1. The van der Waals surface area contributed by atoms with Crippen molar-refractivity contribution in [3.8, 4) is 0 Å². The molecule has 0 fully saturated rings. The number of ether oxygens (including phenoxy) is 1. The first-order chi connectivity index (χ1) is 11.6. The number of para-hydroxylation sites is 1. The fourth-order valence-corrected chi connectivity index (χ4v) is 3.26. The number of nitrogens with zero attached hydrogens (tertiary/aromatic N) is 2. The third kappa shape index (κ3) is 4.17. The van der Waals surface area contributed by atoms with E-state index in [9.17, 15) is 5.11 Å². The average molecular weight is 330 g/mol. The van der Waals surface area contributed by atoms with E-state index in [-0.39, 0.29) is 0 Å². The van der Waals surface area contributed by atoms with Crippen LogP contribution in [0.4, 0.5) is 5.69 Å². The second kappa shape index (κ2) is 7.83. The zero-order chi connectivity index (χ0) is 16.9. The van der Waals surface area contributed by atoms with E-state index < -0.39 is 6.10 Å². The van der Waals surface area contributed by atoms with Crippen molar-refractivity contribution < 1.29 is 14.3 Å². The van der Waals surface area contributed by atoms with Gasteiger partial charge in [-0.1, -0.05) is 18.2 Å². The molecule has 2 heterocycles. The highest BCUT2D eigenvalue weighted by atomic mass is 16.5. The molecule has 0 amide bonds. The maximum absolute atomic E-state index is 10.3. The first kappa shape index (κ1) is 17.0. The molecule has 130 valence electrons. The van der Waals surface area contributed by atoms with Crippen molar-refractivity contribution in [2.45, 2.75) is 32.2 Å². The smallest absolute Gasteiger partial charge is 0.129 e. The summed E-state index contributed by atoms with van der Waals surface area (Å²) in [5.74, 6) is 0.779. The highest BCUT2D eigenvalue weighted by Crippen LogP contribution is 2.26. The lowest BCUT2D eigenvalue weighted by molar-refractivity contribution is -0.00136. The Bertz CT molecular complexity index is 629. The van der Waals surface area contributed by atoms with Crippen LogP contribution in [0.5, 0.6) is 0 Å². The standard InChI is InChI=1S/C19H26N2O3/c1-15-10-20(2)19-8-4-3-6-16(19)11-21(15)12-17(22)13-23-14-18-7-5-9-24-18/h3-9,15,17,22H,10-14H2,1-2H3. The number of anilines is 1. The molecule has 0 bridgehead atoms. The van der Waals surface area contributed by atoms with E-state index in [4.69, 9.17) is 9.15 Å². The molecule has 24 heavy (non-hydrogen) atoms. The van der Waals surface area contributed by atoms with E-state index in [1.165, 1.54) is 11.3 Å². The Balaban J connectivity index is 1.55. The molecule has 1 N–H and O–H groups in total. The average Bonchev–Trinajstić information content (AvgIpc) is 3.04. The number of hydrogen-bond donors (Lipinski definition) is 1. The molecule has 0 aliphatic carbocycles. The first-order valence-electron chi connectivity index (χ1n) is 8.44.